The van der Waals surface area contributed by atoms with Gasteiger partial charge in [-0.05, 0) is 42.9 Å². The standard InChI is InChI=1S/C17H17NO/c19-17-15(11-13-5-4-10-18-12-13)8-3-7-14-6-1-2-9-16(14)17/h1-2,4-6,9-10,12,15H,3,7-8,11H2. The molecule has 0 fully saturated rings. The Morgan fingerprint density at radius 3 is 2.89 bits per heavy atom. The van der Waals surface area contributed by atoms with Gasteiger partial charge >= 0.3 is 0 Å². The molecule has 2 aromatic rings. The van der Waals surface area contributed by atoms with Crippen LogP contribution in [0.4, 0.5) is 0 Å². The summed E-state index contributed by atoms with van der Waals surface area (Å²) in [5.74, 6) is 0.407. The van der Waals surface area contributed by atoms with E-state index in [9.17, 15) is 4.79 Å². The third-order valence-electron chi connectivity index (χ3n) is 3.86. The smallest absolute Gasteiger partial charge is 0.166 e. The van der Waals surface area contributed by atoms with Crippen molar-refractivity contribution < 1.29 is 4.79 Å². The number of Topliss-reactive ketones (excluding diaryl/α,β-unsaturated/α-hetero) is 1. The molecule has 0 bridgehead atoms. The number of hydrogen-bond donors (Lipinski definition) is 0. The molecule has 0 amide bonds. The van der Waals surface area contributed by atoms with Gasteiger partial charge in [-0.25, -0.2) is 0 Å². The molecule has 1 unspecified atom stereocenters. The van der Waals surface area contributed by atoms with E-state index in [1.54, 1.807) is 6.20 Å². The molecule has 1 heterocycles. The van der Waals surface area contributed by atoms with Crippen LogP contribution in [0.3, 0.4) is 0 Å². The van der Waals surface area contributed by atoms with Crippen molar-refractivity contribution in [2.45, 2.75) is 25.7 Å². The highest BCUT2D eigenvalue weighted by atomic mass is 16.1. The Morgan fingerprint density at radius 1 is 1.16 bits per heavy atom. The molecular formula is C17H17NO. The molecule has 1 aromatic carbocycles. The first-order valence-electron chi connectivity index (χ1n) is 6.85. The minimum Gasteiger partial charge on any atom is -0.294 e. The summed E-state index contributed by atoms with van der Waals surface area (Å²) in [6.45, 7) is 0. The van der Waals surface area contributed by atoms with Gasteiger partial charge in [0, 0.05) is 23.9 Å². The van der Waals surface area contributed by atoms with E-state index in [1.807, 2.05) is 30.5 Å². The predicted octanol–water partition coefficient (Wildman–Crippen LogP) is 3.46. The van der Waals surface area contributed by atoms with Gasteiger partial charge in [-0.15, -0.1) is 0 Å². The summed E-state index contributed by atoms with van der Waals surface area (Å²) in [7, 11) is 0. The molecule has 0 saturated carbocycles. The Bertz CT molecular complexity index is 577. The van der Waals surface area contributed by atoms with Crippen LogP contribution in [0.25, 0.3) is 0 Å². The van der Waals surface area contributed by atoms with Gasteiger partial charge in [0.05, 0.1) is 0 Å². The van der Waals surface area contributed by atoms with E-state index in [0.29, 0.717) is 5.78 Å². The van der Waals surface area contributed by atoms with Gasteiger partial charge in [0.1, 0.15) is 0 Å². The first-order valence-corrected chi connectivity index (χ1v) is 6.85. The highest BCUT2D eigenvalue weighted by Crippen LogP contribution is 2.26. The van der Waals surface area contributed by atoms with E-state index in [1.165, 1.54) is 5.56 Å². The average Bonchev–Trinajstić information content (AvgIpc) is 2.61. The second kappa shape index (κ2) is 5.35. The second-order valence-electron chi connectivity index (χ2n) is 5.18. The number of carbonyl (C=O) groups is 1. The largest absolute Gasteiger partial charge is 0.294 e. The highest BCUT2D eigenvalue weighted by Gasteiger charge is 2.25. The normalized spacial score (nSPS) is 18.7. The van der Waals surface area contributed by atoms with Crippen LogP contribution in [0, 0.1) is 5.92 Å². The lowest BCUT2D eigenvalue weighted by molar-refractivity contribution is 0.0915. The first-order chi connectivity index (χ1) is 9.34. The summed E-state index contributed by atoms with van der Waals surface area (Å²) >= 11 is 0. The predicted molar refractivity (Wildman–Crippen MR) is 75.1 cm³/mol. The van der Waals surface area contributed by atoms with Gasteiger partial charge < -0.3 is 0 Å². The number of aromatic nitrogens is 1. The van der Waals surface area contributed by atoms with Crippen LogP contribution in [0.2, 0.25) is 0 Å². The van der Waals surface area contributed by atoms with E-state index in [4.69, 9.17) is 0 Å². The topological polar surface area (TPSA) is 30.0 Å². The van der Waals surface area contributed by atoms with Crippen molar-refractivity contribution in [1.82, 2.24) is 4.98 Å². The van der Waals surface area contributed by atoms with E-state index < -0.39 is 0 Å². The van der Waals surface area contributed by atoms with Crippen LogP contribution in [0.5, 0.6) is 0 Å². The van der Waals surface area contributed by atoms with Crippen molar-refractivity contribution in [3.8, 4) is 0 Å². The van der Waals surface area contributed by atoms with Gasteiger partial charge in [0.15, 0.2) is 5.78 Å². The Kier molecular flexibility index (Phi) is 3.41. The van der Waals surface area contributed by atoms with E-state index in [0.717, 1.165) is 36.8 Å². The molecule has 3 rings (SSSR count). The van der Waals surface area contributed by atoms with Crippen molar-refractivity contribution in [3.05, 3.63) is 65.5 Å². The van der Waals surface area contributed by atoms with Gasteiger partial charge in [-0.3, -0.25) is 9.78 Å². The van der Waals surface area contributed by atoms with Crippen LogP contribution in [-0.2, 0) is 12.8 Å². The third-order valence-corrected chi connectivity index (χ3v) is 3.86. The van der Waals surface area contributed by atoms with Crippen LogP contribution in [0.1, 0.15) is 34.3 Å². The Balaban J connectivity index is 1.86. The molecule has 0 N–H and O–H groups in total. The summed E-state index contributed by atoms with van der Waals surface area (Å²) < 4.78 is 0. The van der Waals surface area contributed by atoms with Gasteiger partial charge in [-0.2, -0.15) is 0 Å². The van der Waals surface area contributed by atoms with Crippen LogP contribution >= 0.6 is 0 Å². The van der Waals surface area contributed by atoms with Gasteiger partial charge in [-0.1, -0.05) is 30.3 Å². The molecule has 0 aliphatic heterocycles. The SMILES string of the molecule is O=C1c2ccccc2CCCC1Cc1cccnc1. The fourth-order valence-electron chi connectivity index (χ4n) is 2.87. The highest BCUT2D eigenvalue weighted by molar-refractivity contribution is 5.99. The van der Waals surface area contributed by atoms with Crippen molar-refractivity contribution in [1.29, 1.82) is 0 Å². The number of benzene rings is 1. The number of carbonyl (C=O) groups excluding carboxylic acids is 1. The molecule has 96 valence electrons. The van der Waals surface area contributed by atoms with Crippen molar-refractivity contribution in [2.24, 2.45) is 5.92 Å². The Labute approximate surface area is 113 Å². The maximum absolute atomic E-state index is 12.6. The van der Waals surface area contributed by atoms with E-state index in [-0.39, 0.29) is 5.92 Å². The van der Waals surface area contributed by atoms with E-state index >= 15 is 0 Å². The number of nitrogens with zero attached hydrogens (tertiary/aromatic N) is 1. The molecular weight excluding hydrogens is 234 g/mol. The van der Waals surface area contributed by atoms with E-state index in [2.05, 4.69) is 17.1 Å². The van der Waals surface area contributed by atoms with Crippen LogP contribution < -0.4 is 0 Å². The van der Waals surface area contributed by atoms with Crippen molar-refractivity contribution in [2.75, 3.05) is 0 Å². The van der Waals surface area contributed by atoms with Gasteiger partial charge in [0.25, 0.3) is 0 Å². The number of ketones is 1. The minimum atomic E-state index is 0.104. The molecule has 2 nitrogen and oxygen atoms in total. The Hall–Kier alpha value is -1.96. The summed E-state index contributed by atoms with van der Waals surface area (Å²) in [6.07, 6.45) is 7.53. The van der Waals surface area contributed by atoms with Gasteiger partial charge in [0.2, 0.25) is 0 Å². The molecule has 1 aliphatic rings. The molecule has 0 spiro atoms. The quantitative estimate of drug-likeness (QED) is 0.765. The fourth-order valence-corrected chi connectivity index (χ4v) is 2.87. The first kappa shape index (κ1) is 12.1. The number of aryl methyl sites for hydroxylation is 1. The molecule has 0 radical (unpaired) electrons. The molecule has 1 aromatic heterocycles. The molecule has 2 heteroatoms. The summed E-state index contributed by atoms with van der Waals surface area (Å²) in [5.41, 5.74) is 3.29. The fraction of sp³-hybridized carbons (Fsp3) is 0.294. The van der Waals surface area contributed by atoms with Crippen LogP contribution in [-0.4, -0.2) is 10.8 Å². The molecule has 19 heavy (non-hydrogen) atoms. The maximum Gasteiger partial charge on any atom is 0.166 e. The zero-order valence-electron chi connectivity index (χ0n) is 10.9. The maximum atomic E-state index is 12.6. The number of rotatable bonds is 2. The zero-order chi connectivity index (χ0) is 13.1. The lowest BCUT2D eigenvalue weighted by Gasteiger charge is -2.13. The molecule has 1 atom stereocenters. The average molecular weight is 251 g/mol. The van der Waals surface area contributed by atoms with Crippen LogP contribution in [0.15, 0.2) is 48.8 Å². The third kappa shape index (κ3) is 2.58. The summed E-state index contributed by atoms with van der Waals surface area (Å²) in [6, 6.07) is 12.0. The minimum absolute atomic E-state index is 0.104. The second-order valence-corrected chi connectivity index (χ2v) is 5.18. The van der Waals surface area contributed by atoms with Crippen molar-refractivity contribution in [3.63, 3.8) is 0 Å². The zero-order valence-corrected chi connectivity index (χ0v) is 10.9. The molecule has 0 saturated heterocycles. The summed E-state index contributed by atoms with van der Waals surface area (Å²) in [4.78, 5) is 16.8. The number of hydrogen-bond acceptors (Lipinski definition) is 2. The molecule has 1 aliphatic carbocycles. The monoisotopic (exact) mass is 251 g/mol. The summed E-state index contributed by atoms with van der Waals surface area (Å²) in [5, 5.41) is 0. The number of fused-ring (bicyclic) bond motifs is 1. The number of pyridine rings is 1. The Morgan fingerprint density at radius 2 is 2.05 bits per heavy atom. The van der Waals surface area contributed by atoms with Crippen molar-refractivity contribution >= 4 is 5.78 Å². The lowest BCUT2D eigenvalue weighted by Crippen LogP contribution is -2.16. The lowest BCUT2D eigenvalue weighted by atomic mass is 9.90.